The number of hydrogen-bond acceptors (Lipinski definition) is 5. The summed E-state index contributed by atoms with van der Waals surface area (Å²) in [5.74, 6) is 0. The summed E-state index contributed by atoms with van der Waals surface area (Å²) < 4.78 is 28.8. The smallest absolute Gasteiger partial charge is 0.267 e. The van der Waals surface area contributed by atoms with Gasteiger partial charge in [-0.05, 0) is 46.3 Å². The molecule has 1 aliphatic heterocycles. The van der Waals surface area contributed by atoms with Crippen LogP contribution in [0.15, 0.2) is 75.1 Å². The second-order valence-corrected chi connectivity index (χ2v) is 8.90. The molecule has 1 saturated heterocycles. The minimum atomic E-state index is -3.61. The van der Waals surface area contributed by atoms with E-state index in [0.717, 1.165) is 5.56 Å². The molecular formula is C18H15BrN4O3S. The molecule has 0 saturated carbocycles. The number of halogens is 1. The maximum atomic E-state index is 12.8. The van der Waals surface area contributed by atoms with Gasteiger partial charge in [0.1, 0.15) is 0 Å². The fourth-order valence-corrected chi connectivity index (χ4v) is 5.40. The van der Waals surface area contributed by atoms with Crippen molar-refractivity contribution in [1.82, 2.24) is 19.1 Å². The van der Waals surface area contributed by atoms with E-state index in [2.05, 4.69) is 26.0 Å². The van der Waals surface area contributed by atoms with Crippen molar-refractivity contribution in [2.45, 2.75) is 10.9 Å². The molecule has 4 rings (SSSR count). The van der Waals surface area contributed by atoms with E-state index in [1.165, 1.54) is 15.1 Å². The van der Waals surface area contributed by atoms with E-state index in [4.69, 9.17) is 0 Å². The Bertz CT molecular complexity index is 1140. The largest absolute Gasteiger partial charge is 0.268 e. The van der Waals surface area contributed by atoms with Gasteiger partial charge in [-0.3, -0.25) is 9.78 Å². The fourth-order valence-electron chi connectivity index (χ4n) is 2.92. The second kappa shape index (κ2) is 6.99. The number of rotatable bonds is 4. The summed E-state index contributed by atoms with van der Waals surface area (Å²) in [6.07, 6.45) is 3.31. The molecule has 0 amide bonds. The molecular weight excluding hydrogens is 432 g/mol. The van der Waals surface area contributed by atoms with Crippen LogP contribution in [0.3, 0.4) is 0 Å². The lowest BCUT2D eigenvalue weighted by Gasteiger charge is -2.38. The van der Waals surface area contributed by atoms with Gasteiger partial charge in [-0.2, -0.15) is 9.40 Å². The van der Waals surface area contributed by atoms with E-state index in [-0.39, 0.29) is 29.6 Å². The first-order valence-electron chi connectivity index (χ1n) is 8.22. The topological polar surface area (TPSA) is 85.2 Å². The first-order chi connectivity index (χ1) is 13.0. The Morgan fingerprint density at radius 3 is 2.41 bits per heavy atom. The predicted molar refractivity (Wildman–Crippen MR) is 104 cm³/mol. The molecule has 1 aliphatic rings. The monoisotopic (exact) mass is 446 g/mol. The fraction of sp³-hybridized carbons (Fsp3) is 0.167. The van der Waals surface area contributed by atoms with Gasteiger partial charge in [0, 0.05) is 41.6 Å². The summed E-state index contributed by atoms with van der Waals surface area (Å²) in [6, 6.07) is 13.1. The van der Waals surface area contributed by atoms with Gasteiger partial charge in [-0.25, -0.2) is 13.1 Å². The van der Waals surface area contributed by atoms with Gasteiger partial charge < -0.3 is 0 Å². The Labute approximate surface area is 164 Å². The zero-order valence-corrected chi connectivity index (χ0v) is 16.5. The van der Waals surface area contributed by atoms with Gasteiger partial charge in [0.25, 0.3) is 5.56 Å². The van der Waals surface area contributed by atoms with Gasteiger partial charge in [0.2, 0.25) is 10.0 Å². The van der Waals surface area contributed by atoms with E-state index in [0.29, 0.717) is 10.2 Å². The lowest BCUT2D eigenvalue weighted by atomic mass is 10.1. The van der Waals surface area contributed by atoms with Crippen LogP contribution in [0.2, 0.25) is 0 Å². The second-order valence-electron chi connectivity index (χ2n) is 6.14. The lowest BCUT2D eigenvalue weighted by molar-refractivity contribution is 0.186. The highest BCUT2D eigenvalue weighted by molar-refractivity contribution is 9.10. The molecule has 7 nitrogen and oxygen atoms in total. The van der Waals surface area contributed by atoms with Crippen molar-refractivity contribution in [3.63, 3.8) is 0 Å². The molecule has 0 aliphatic carbocycles. The highest BCUT2D eigenvalue weighted by Crippen LogP contribution is 2.31. The summed E-state index contributed by atoms with van der Waals surface area (Å²) in [5, 5.41) is 4.42. The molecule has 3 aromatic rings. The molecule has 0 spiro atoms. The quantitative estimate of drug-likeness (QED) is 0.613. The molecule has 0 bridgehead atoms. The van der Waals surface area contributed by atoms with Crippen molar-refractivity contribution >= 4 is 26.0 Å². The van der Waals surface area contributed by atoms with Crippen LogP contribution >= 0.6 is 15.9 Å². The number of aromatic nitrogens is 3. The lowest BCUT2D eigenvalue weighted by Crippen LogP contribution is -2.53. The summed E-state index contributed by atoms with van der Waals surface area (Å²) in [5.41, 5.74) is 1.23. The molecule has 0 unspecified atom stereocenters. The maximum absolute atomic E-state index is 12.8. The van der Waals surface area contributed by atoms with Crippen LogP contribution in [0.1, 0.15) is 6.04 Å². The van der Waals surface area contributed by atoms with E-state index >= 15 is 0 Å². The molecule has 3 heterocycles. The number of nitrogens with zero attached hydrogens (tertiary/aromatic N) is 4. The van der Waals surface area contributed by atoms with Gasteiger partial charge in [0.05, 0.1) is 16.6 Å². The van der Waals surface area contributed by atoms with Crippen molar-refractivity contribution in [1.29, 1.82) is 0 Å². The molecule has 138 valence electrons. The SMILES string of the molecule is O=c1ccc(-c2ccncc2)nn1C1CN(S(=O)(=O)c2ccccc2Br)C1. The van der Waals surface area contributed by atoms with E-state index in [9.17, 15) is 13.2 Å². The van der Waals surface area contributed by atoms with Crippen LogP contribution < -0.4 is 5.56 Å². The van der Waals surface area contributed by atoms with Gasteiger partial charge in [-0.15, -0.1) is 0 Å². The zero-order valence-electron chi connectivity index (χ0n) is 14.1. The van der Waals surface area contributed by atoms with Crippen molar-refractivity contribution in [3.05, 3.63) is 75.8 Å². The van der Waals surface area contributed by atoms with Crippen molar-refractivity contribution in [2.75, 3.05) is 13.1 Å². The molecule has 1 aromatic carbocycles. The Kier molecular flexibility index (Phi) is 4.67. The highest BCUT2D eigenvalue weighted by atomic mass is 79.9. The van der Waals surface area contributed by atoms with Crippen LogP contribution in [0.4, 0.5) is 0 Å². The van der Waals surface area contributed by atoms with E-state index < -0.39 is 10.0 Å². The summed E-state index contributed by atoms with van der Waals surface area (Å²) in [6.45, 7) is 0.409. The zero-order chi connectivity index (χ0) is 19.0. The third-order valence-electron chi connectivity index (χ3n) is 4.43. The molecule has 2 aromatic heterocycles. The maximum Gasteiger partial charge on any atom is 0.267 e. The minimum Gasteiger partial charge on any atom is -0.268 e. The molecule has 0 N–H and O–H groups in total. The first-order valence-corrected chi connectivity index (χ1v) is 10.4. The third kappa shape index (κ3) is 3.33. The Morgan fingerprint density at radius 2 is 1.70 bits per heavy atom. The molecule has 9 heteroatoms. The average Bonchev–Trinajstić information content (AvgIpc) is 2.63. The van der Waals surface area contributed by atoms with Crippen molar-refractivity contribution in [2.24, 2.45) is 0 Å². The highest BCUT2D eigenvalue weighted by Gasteiger charge is 2.39. The van der Waals surface area contributed by atoms with E-state index in [1.54, 1.807) is 42.7 Å². The van der Waals surface area contributed by atoms with Crippen molar-refractivity contribution < 1.29 is 8.42 Å². The standard InChI is InChI=1S/C18H15BrN4O3S/c19-15-3-1-2-4-17(15)27(25,26)22-11-14(12-22)23-18(24)6-5-16(21-23)13-7-9-20-10-8-13/h1-10,14H,11-12H2. The average molecular weight is 447 g/mol. The van der Waals surface area contributed by atoms with Gasteiger partial charge in [-0.1, -0.05) is 12.1 Å². The summed E-state index contributed by atoms with van der Waals surface area (Å²) >= 11 is 3.28. The molecule has 1 fully saturated rings. The number of pyridine rings is 1. The predicted octanol–water partition coefficient (Wildman–Crippen LogP) is 2.31. The van der Waals surface area contributed by atoms with E-state index in [1.807, 2.05) is 12.1 Å². The third-order valence-corrected chi connectivity index (χ3v) is 7.27. The van der Waals surface area contributed by atoms with Gasteiger partial charge >= 0.3 is 0 Å². The van der Waals surface area contributed by atoms with Crippen LogP contribution in [-0.2, 0) is 10.0 Å². The summed E-state index contributed by atoms with van der Waals surface area (Å²) in [7, 11) is -3.61. The molecule has 27 heavy (non-hydrogen) atoms. The minimum absolute atomic E-state index is 0.205. The van der Waals surface area contributed by atoms with Crippen LogP contribution in [0.25, 0.3) is 11.3 Å². The molecule has 0 atom stereocenters. The number of benzene rings is 1. The normalized spacial score (nSPS) is 15.4. The van der Waals surface area contributed by atoms with Crippen LogP contribution in [-0.4, -0.2) is 40.6 Å². The Hall–Kier alpha value is -2.36. The Morgan fingerprint density at radius 1 is 1.00 bits per heavy atom. The molecule has 0 radical (unpaired) electrons. The summed E-state index contributed by atoms with van der Waals surface area (Å²) in [4.78, 5) is 16.4. The number of hydrogen-bond donors (Lipinski definition) is 0. The van der Waals surface area contributed by atoms with Crippen molar-refractivity contribution in [3.8, 4) is 11.3 Å². The Balaban J connectivity index is 1.58. The first kappa shape index (κ1) is 18.0. The number of sulfonamides is 1. The van der Waals surface area contributed by atoms with Crippen LogP contribution in [0, 0.1) is 0 Å². The van der Waals surface area contributed by atoms with Crippen LogP contribution in [0.5, 0.6) is 0 Å². The van der Waals surface area contributed by atoms with Gasteiger partial charge in [0.15, 0.2) is 0 Å².